The van der Waals surface area contributed by atoms with Gasteiger partial charge in [0.1, 0.15) is 17.1 Å². The second kappa shape index (κ2) is 10.6. The van der Waals surface area contributed by atoms with Crippen LogP contribution in [0.3, 0.4) is 0 Å². The minimum absolute atomic E-state index is 0.321. The minimum atomic E-state index is -0.370. The molecule has 0 unspecified atom stereocenters. The van der Waals surface area contributed by atoms with Gasteiger partial charge in [0.15, 0.2) is 5.65 Å². The molecule has 1 N–H and O–H groups in total. The Morgan fingerprint density at radius 3 is 2.44 bits per heavy atom. The number of benzene rings is 2. The molecule has 12 heteroatoms. The summed E-state index contributed by atoms with van der Waals surface area (Å²) in [5.74, 6) is 0.827. The fourth-order valence-corrected chi connectivity index (χ4v) is 5.10. The van der Waals surface area contributed by atoms with Gasteiger partial charge >= 0.3 is 0 Å². The largest absolute Gasteiger partial charge is 0.495 e. The molecular formula is C27H21Cl3N6O3. The Labute approximate surface area is 238 Å². The molecule has 39 heavy (non-hydrogen) atoms. The van der Waals surface area contributed by atoms with Crippen molar-refractivity contribution in [3.8, 4) is 22.6 Å². The van der Waals surface area contributed by atoms with E-state index in [1.807, 2.05) is 10.5 Å². The number of carbonyl (C=O) groups is 1. The monoisotopic (exact) mass is 582 g/mol. The Balaban J connectivity index is 1.68. The van der Waals surface area contributed by atoms with Crippen molar-refractivity contribution in [3.63, 3.8) is 0 Å². The van der Waals surface area contributed by atoms with Crippen LogP contribution in [0.25, 0.3) is 27.8 Å². The predicted octanol–water partition coefficient (Wildman–Crippen LogP) is 6.81. The van der Waals surface area contributed by atoms with Crippen LogP contribution in [0, 0.1) is 0 Å². The maximum absolute atomic E-state index is 12.0. The lowest BCUT2D eigenvalue weighted by Crippen LogP contribution is -2.17. The first kappa shape index (κ1) is 26.6. The highest BCUT2D eigenvalue weighted by molar-refractivity contribution is 6.41. The quantitative estimate of drug-likeness (QED) is 0.210. The van der Waals surface area contributed by atoms with Crippen LogP contribution in [0.4, 0.5) is 17.3 Å². The van der Waals surface area contributed by atoms with Crippen molar-refractivity contribution < 1.29 is 14.3 Å². The van der Waals surface area contributed by atoms with Gasteiger partial charge in [-0.3, -0.25) is 9.20 Å². The number of nitrogens with zero attached hydrogens (tertiary/aromatic N) is 5. The fraction of sp³-hybridized carbons (Fsp3) is 0.111. The summed E-state index contributed by atoms with van der Waals surface area (Å²) in [6.07, 6.45) is 6.31. The third-order valence-electron chi connectivity index (χ3n) is 6.10. The average Bonchev–Trinajstić information content (AvgIpc) is 3.43. The first-order valence-corrected chi connectivity index (χ1v) is 12.6. The number of hydrogen-bond donors (Lipinski definition) is 1. The number of amides is 1. The second-order valence-corrected chi connectivity index (χ2v) is 9.52. The molecule has 5 rings (SSSR count). The zero-order chi connectivity index (χ0) is 27.8. The molecule has 9 nitrogen and oxygen atoms in total. The number of anilines is 3. The summed E-state index contributed by atoms with van der Waals surface area (Å²) in [6, 6.07) is 8.63. The molecule has 0 aliphatic rings. The van der Waals surface area contributed by atoms with E-state index in [1.54, 1.807) is 54.8 Å². The maximum Gasteiger partial charge on any atom is 0.247 e. The smallest absolute Gasteiger partial charge is 0.247 e. The number of carbonyl (C=O) groups excluding carboxylic acids is 1. The number of ether oxygens (including phenoxy) is 2. The summed E-state index contributed by atoms with van der Waals surface area (Å²) in [7, 11) is 4.82. The molecule has 0 bridgehead atoms. The van der Waals surface area contributed by atoms with E-state index in [4.69, 9.17) is 49.3 Å². The Bertz CT molecular complexity index is 1740. The van der Waals surface area contributed by atoms with Crippen molar-refractivity contribution in [1.82, 2.24) is 19.4 Å². The zero-order valence-electron chi connectivity index (χ0n) is 21.0. The Hall–Kier alpha value is -4.05. The zero-order valence-corrected chi connectivity index (χ0v) is 23.3. The molecule has 0 saturated carbocycles. The molecule has 3 heterocycles. The van der Waals surface area contributed by atoms with E-state index in [1.165, 1.54) is 20.3 Å². The maximum atomic E-state index is 12.0. The number of halogens is 3. The summed E-state index contributed by atoms with van der Waals surface area (Å²) >= 11 is 19.6. The highest BCUT2D eigenvalue weighted by atomic mass is 35.5. The lowest BCUT2D eigenvalue weighted by atomic mass is 10.0. The first-order chi connectivity index (χ1) is 18.8. The molecule has 2 aromatic carbocycles. The van der Waals surface area contributed by atoms with Gasteiger partial charge in [-0.15, -0.1) is 0 Å². The van der Waals surface area contributed by atoms with E-state index in [2.05, 4.69) is 21.9 Å². The number of rotatable bonds is 7. The topological polar surface area (TPSA) is 93.9 Å². The number of hydrogen-bond acceptors (Lipinski definition) is 7. The van der Waals surface area contributed by atoms with Crippen molar-refractivity contribution in [2.24, 2.45) is 0 Å². The molecule has 198 valence electrons. The van der Waals surface area contributed by atoms with Crippen molar-refractivity contribution in [1.29, 1.82) is 0 Å². The number of nitrogens with one attached hydrogen (secondary N) is 1. The molecule has 0 atom stereocenters. The van der Waals surface area contributed by atoms with Gasteiger partial charge in [-0.1, -0.05) is 41.4 Å². The van der Waals surface area contributed by atoms with Crippen LogP contribution in [-0.2, 0) is 4.79 Å². The summed E-state index contributed by atoms with van der Waals surface area (Å²) in [6.45, 7) is 3.51. The Morgan fingerprint density at radius 1 is 1.05 bits per heavy atom. The van der Waals surface area contributed by atoms with E-state index < -0.39 is 0 Å². The number of methoxy groups -OCH3 is 2. The van der Waals surface area contributed by atoms with Crippen molar-refractivity contribution in [2.45, 2.75) is 0 Å². The standard InChI is InChI=1S/C27H21Cl3N6O3/c1-5-21(37)33-17-11-15(28)6-7-18(17)35(2)27-32-13-14-10-16(26-31-8-9-36(26)25(14)34-27)22-23(29)19(38-3)12-20(39-4)24(22)30/h5-13H,1H2,2-4H3,(H,33,37). The van der Waals surface area contributed by atoms with Crippen LogP contribution in [0.2, 0.25) is 15.1 Å². The highest BCUT2D eigenvalue weighted by Crippen LogP contribution is 2.47. The third kappa shape index (κ3) is 4.69. The van der Waals surface area contributed by atoms with E-state index in [0.717, 1.165) is 0 Å². The number of aromatic nitrogens is 4. The normalized spacial score (nSPS) is 11.0. The van der Waals surface area contributed by atoms with E-state index in [-0.39, 0.29) is 5.91 Å². The molecule has 0 fully saturated rings. The first-order valence-electron chi connectivity index (χ1n) is 11.5. The number of fused-ring (bicyclic) bond motifs is 3. The highest BCUT2D eigenvalue weighted by Gasteiger charge is 2.23. The molecule has 0 saturated heterocycles. The lowest BCUT2D eigenvalue weighted by Gasteiger charge is -2.21. The predicted molar refractivity (Wildman–Crippen MR) is 155 cm³/mol. The summed E-state index contributed by atoms with van der Waals surface area (Å²) in [5, 5.41) is 4.58. The van der Waals surface area contributed by atoms with Gasteiger partial charge in [-0.2, -0.15) is 4.98 Å². The SMILES string of the molecule is C=CC(=O)Nc1cc(Cl)ccc1N(C)c1ncc2cc(-c3c(Cl)c(OC)cc(OC)c3Cl)c3nccn3c2n1. The van der Waals surface area contributed by atoms with Crippen LogP contribution in [0.15, 0.2) is 61.6 Å². The van der Waals surface area contributed by atoms with Crippen LogP contribution < -0.4 is 19.7 Å². The van der Waals surface area contributed by atoms with Gasteiger partial charge in [-0.25, -0.2) is 9.97 Å². The van der Waals surface area contributed by atoms with Crippen molar-refractivity contribution in [2.75, 3.05) is 31.5 Å². The Morgan fingerprint density at radius 2 is 1.77 bits per heavy atom. The Kier molecular flexibility index (Phi) is 7.22. The number of pyridine rings is 1. The fourth-order valence-electron chi connectivity index (χ4n) is 4.22. The molecule has 3 aromatic heterocycles. The van der Waals surface area contributed by atoms with Gasteiger partial charge in [0.05, 0.1) is 35.6 Å². The molecule has 5 aromatic rings. The second-order valence-electron chi connectivity index (χ2n) is 8.33. The molecule has 1 amide bonds. The van der Waals surface area contributed by atoms with Crippen LogP contribution in [0.5, 0.6) is 11.5 Å². The van der Waals surface area contributed by atoms with Crippen molar-refractivity contribution >= 4 is 74.7 Å². The van der Waals surface area contributed by atoms with Gasteiger partial charge in [0, 0.05) is 53.2 Å². The summed E-state index contributed by atoms with van der Waals surface area (Å²) < 4.78 is 12.7. The summed E-state index contributed by atoms with van der Waals surface area (Å²) in [4.78, 5) is 27.7. The van der Waals surface area contributed by atoms with Gasteiger partial charge in [0.25, 0.3) is 0 Å². The third-order valence-corrected chi connectivity index (χ3v) is 7.08. The summed E-state index contributed by atoms with van der Waals surface area (Å²) in [5.41, 5.74) is 3.44. The minimum Gasteiger partial charge on any atom is -0.495 e. The number of imidazole rings is 1. The molecular weight excluding hydrogens is 563 g/mol. The van der Waals surface area contributed by atoms with Crippen LogP contribution in [-0.4, -0.2) is 46.5 Å². The molecule has 0 aliphatic carbocycles. The molecule has 0 radical (unpaired) electrons. The van der Waals surface area contributed by atoms with E-state index >= 15 is 0 Å². The van der Waals surface area contributed by atoms with Gasteiger partial charge < -0.3 is 19.7 Å². The van der Waals surface area contributed by atoms with Gasteiger partial charge in [0.2, 0.25) is 11.9 Å². The van der Waals surface area contributed by atoms with E-state index in [0.29, 0.717) is 71.7 Å². The molecule has 0 aliphatic heterocycles. The van der Waals surface area contributed by atoms with E-state index in [9.17, 15) is 4.79 Å². The average molecular weight is 584 g/mol. The van der Waals surface area contributed by atoms with Gasteiger partial charge in [-0.05, 0) is 30.3 Å². The lowest BCUT2D eigenvalue weighted by molar-refractivity contribution is -0.111. The van der Waals surface area contributed by atoms with Crippen LogP contribution in [0.1, 0.15) is 0 Å². The molecule has 0 spiro atoms. The van der Waals surface area contributed by atoms with Crippen LogP contribution >= 0.6 is 34.8 Å². The van der Waals surface area contributed by atoms with Crippen molar-refractivity contribution in [3.05, 3.63) is 76.6 Å².